The maximum absolute atomic E-state index is 12.5. The molecule has 3 aromatic rings. The molecule has 0 atom stereocenters. The maximum atomic E-state index is 12.5. The first-order valence-corrected chi connectivity index (χ1v) is 9.75. The number of fused-ring (bicyclic) bond motifs is 2. The molecule has 0 saturated heterocycles. The van der Waals surface area contributed by atoms with Gasteiger partial charge in [-0.1, -0.05) is 54.6 Å². The zero-order chi connectivity index (χ0) is 16.7. The molecule has 120 valence electrons. The molecule has 0 radical (unpaired) electrons. The molecule has 0 saturated carbocycles. The SMILES string of the molecule is CS(=O)(=O)C1c2ccccc2N(c2ccccc2)c2ccccc21. The molecule has 1 aliphatic heterocycles. The van der Waals surface area contributed by atoms with Gasteiger partial charge in [-0.05, 0) is 35.4 Å². The standard InChI is InChI=1S/C20H17NO2S/c1-24(22,23)20-16-11-5-7-13-18(16)21(15-9-3-2-4-10-15)19-14-8-6-12-17(19)20/h2-14,20H,1H3. The van der Waals surface area contributed by atoms with E-state index in [9.17, 15) is 8.42 Å². The van der Waals surface area contributed by atoms with E-state index < -0.39 is 15.1 Å². The van der Waals surface area contributed by atoms with Crippen LogP contribution in [0.15, 0.2) is 78.9 Å². The normalized spacial score (nSPS) is 14.1. The molecule has 24 heavy (non-hydrogen) atoms. The van der Waals surface area contributed by atoms with Crippen LogP contribution in [0.3, 0.4) is 0 Å². The van der Waals surface area contributed by atoms with Gasteiger partial charge in [0.25, 0.3) is 0 Å². The highest BCUT2D eigenvalue weighted by molar-refractivity contribution is 7.91. The smallest absolute Gasteiger partial charge is 0.158 e. The lowest BCUT2D eigenvalue weighted by Gasteiger charge is -2.37. The van der Waals surface area contributed by atoms with Gasteiger partial charge in [0.05, 0.1) is 11.4 Å². The fourth-order valence-corrected chi connectivity index (χ4v) is 4.76. The number of para-hydroxylation sites is 3. The summed E-state index contributed by atoms with van der Waals surface area (Å²) in [4.78, 5) is 2.13. The Bertz CT molecular complexity index is 949. The van der Waals surface area contributed by atoms with Crippen molar-refractivity contribution in [2.75, 3.05) is 11.2 Å². The first-order chi connectivity index (χ1) is 11.6. The minimum atomic E-state index is -3.28. The van der Waals surface area contributed by atoms with Crippen molar-refractivity contribution < 1.29 is 8.42 Å². The predicted molar refractivity (Wildman–Crippen MR) is 97.8 cm³/mol. The molecule has 1 heterocycles. The summed E-state index contributed by atoms with van der Waals surface area (Å²) >= 11 is 0. The van der Waals surface area contributed by atoms with Crippen LogP contribution in [-0.2, 0) is 9.84 Å². The average molecular weight is 335 g/mol. The molecular weight excluding hydrogens is 318 g/mol. The van der Waals surface area contributed by atoms with Crippen LogP contribution in [0.25, 0.3) is 0 Å². The topological polar surface area (TPSA) is 37.4 Å². The van der Waals surface area contributed by atoms with Gasteiger partial charge in [0.1, 0.15) is 5.25 Å². The van der Waals surface area contributed by atoms with Crippen molar-refractivity contribution in [3.05, 3.63) is 90.0 Å². The van der Waals surface area contributed by atoms with Crippen molar-refractivity contribution in [2.45, 2.75) is 5.25 Å². The number of anilines is 3. The van der Waals surface area contributed by atoms with Gasteiger partial charge in [0, 0.05) is 11.9 Å². The third-order valence-electron chi connectivity index (χ3n) is 4.36. The minimum Gasteiger partial charge on any atom is -0.310 e. The zero-order valence-corrected chi connectivity index (χ0v) is 14.1. The second-order valence-electron chi connectivity index (χ2n) is 6.00. The molecule has 0 unspecified atom stereocenters. The molecule has 4 heteroatoms. The summed E-state index contributed by atoms with van der Waals surface area (Å²) in [5.74, 6) is 0. The number of hydrogen-bond acceptors (Lipinski definition) is 3. The number of rotatable bonds is 2. The molecule has 0 aromatic heterocycles. The molecule has 0 bridgehead atoms. The van der Waals surface area contributed by atoms with E-state index in [1.165, 1.54) is 6.26 Å². The summed E-state index contributed by atoms with van der Waals surface area (Å²) in [7, 11) is -3.28. The predicted octanol–water partition coefficient (Wildman–Crippen LogP) is 4.60. The monoisotopic (exact) mass is 335 g/mol. The van der Waals surface area contributed by atoms with Crippen molar-refractivity contribution in [2.24, 2.45) is 0 Å². The summed E-state index contributed by atoms with van der Waals surface area (Å²) in [6.45, 7) is 0. The van der Waals surface area contributed by atoms with Gasteiger partial charge in [-0.25, -0.2) is 8.42 Å². The molecule has 3 aromatic carbocycles. The van der Waals surface area contributed by atoms with Crippen LogP contribution in [-0.4, -0.2) is 14.7 Å². The number of nitrogens with zero attached hydrogens (tertiary/aromatic N) is 1. The third-order valence-corrected chi connectivity index (χ3v) is 5.73. The van der Waals surface area contributed by atoms with E-state index in [1.54, 1.807) is 0 Å². The fourth-order valence-electron chi connectivity index (χ4n) is 3.44. The van der Waals surface area contributed by atoms with Crippen LogP contribution >= 0.6 is 0 Å². The Kier molecular flexibility index (Phi) is 3.43. The van der Waals surface area contributed by atoms with Crippen LogP contribution in [0.2, 0.25) is 0 Å². The van der Waals surface area contributed by atoms with E-state index in [0.29, 0.717) is 0 Å². The molecule has 0 N–H and O–H groups in total. The first kappa shape index (κ1) is 15.0. The molecule has 3 nitrogen and oxygen atoms in total. The lowest BCUT2D eigenvalue weighted by atomic mass is 9.94. The van der Waals surface area contributed by atoms with Crippen LogP contribution in [0.4, 0.5) is 17.1 Å². The van der Waals surface area contributed by atoms with Crippen molar-refractivity contribution in [1.82, 2.24) is 0 Å². The minimum absolute atomic E-state index is 0.634. The molecule has 0 amide bonds. The molecular formula is C20H17NO2S. The Morgan fingerprint density at radius 2 is 1.17 bits per heavy atom. The third kappa shape index (κ3) is 2.31. The van der Waals surface area contributed by atoms with E-state index in [1.807, 2.05) is 78.9 Å². The summed E-state index contributed by atoms with van der Waals surface area (Å²) in [5.41, 5.74) is 4.49. The van der Waals surface area contributed by atoms with Crippen LogP contribution < -0.4 is 4.90 Å². The summed E-state index contributed by atoms with van der Waals surface area (Å²) < 4.78 is 25.1. The highest BCUT2D eigenvalue weighted by atomic mass is 32.2. The van der Waals surface area contributed by atoms with E-state index >= 15 is 0 Å². The van der Waals surface area contributed by atoms with Gasteiger partial charge in [0.2, 0.25) is 0 Å². The summed E-state index contributed by atoms with van der Waals surface area (Å²) in [6, 6.07) is 25.5. The number of sulfone groups is 1. The summed E-state index contributed by atoms with van der Waals surface area (Å²) in [5, 5.41) is -0.634. The van der Waals surface area contributed by atoms with Gasteiger partial charge in [0.15, 0.2) is 9.84 Å². The highest BCUT2D eigenvalue weighted by Crippen LogP contribution is 2.50. The van der Waals surface area contributed by atoms with Crippen LogP contribution in [0.5, 0.6) is 0 Å². The largest absolute Gasteiger partial charge is 0.310 e. The summed E-state index contributed by atoms with van der Waals surface area (Å²) in [6.07, 6.45) is 1.31. The van der Waals surface area contributed by atoms with Gasteiger partial charge in [-0.3, -0.25) is 0 Å². The number of benzene rings is 3. The average Bonchev–Trinajstić information content (AvgIpc) is 2.59. The maximum Gasteiger partial charge on any atom is 0.158 e. The van der Waals surface area contributed by atoms with E-state index in [0.717, 1.165) is 28.2 Å². The van der Waals surface area contributed by atoms with Gasteiger partial charge >= 0.3 is 0 Å². The Labute approximate surface area is 142 Å². The van der Waals surface area contributed by atoms with Crippen LogP contribution in [0.1, 0.15) is 16.4 Å². The van der Waals surface area contributed by atoms with Gasteiger partial charge < -0.3 is 4.90 Å². The van der Waals surface area contributed by atoms with Gasteiger partial charge in [-0.15, -0.1) is 0 Å². The molecule has 4 rings (SSSR count). The highest BCUT2D eigenvalue weighted by Gasteiger charge is 2.36. The van der Waals surface area contributed by atoms with E-state index in [-0.39, 0.29) is 0 Å². The second-order valence-corrected chi connectivity index (χ2v) is 8.13. The Morgan fingerprint density at radius 3 is 1.67 bits per heavy atom. The number of hydrogen-bond donors (Lipinski definition) is 0. The zero-order valence-electron chi connectivity index (χ0n) is 13.3. The lowest BCUT2D eigenvalue weighted by molar-refractivity contribution is 0.594. The second kappa shape index (κ2) is 5.49. The molecule has 0 spiro atoms. The Balaban J connectivity index is 2.06. The Morgan fingerprint density at radius 1 is 0.708 bits per heavy atom. The Hall–Kier alpha value is -2.59. The van der Waals surface area contributed by atoms with E-state index in [2.05, 4.69) is 4.90 Å². The van der Waals surface area contributed by atoms with Crippen molar-refractivity contribution in [3.63, 3.8) is 0 Å². The molecule has 0 fully saturated rings. The molecule has 1 aliphatic rings. The fraction of sp³-hybridized carbons (Fsp3) is 0.100. The van der Waals surface area contributed by atoms with Crippen molar-refractivity contribution in [3.8, 4) is 0 Å². The lowest BCUT2D eigenvalue weighted by Crippen LogP contribution is -2.25. The van der Waals surface area contributed by atoms with Gasteiger partial charge in [-0.2, -0.15) is 0 Å². The quantitative estimate of drug-likeness (QED) is 0.686. The van der Waals surface area contributed by atoms with E-state index in [4.69, 9.17) is 0 Å². The first-order valence-electron chi connectivity index (χ1n) is 7.79. The van der Waals surface area contributed by atoms with Crippen molar-refractivity contribution in [1.29, 1.82) is 0 Å². The van der Waals surface area contributed by atoms with Crippen LogP contribution in [0, 0.1) is 0 Å². The molecule has 0 aliphatic carbocycles. The van der Waals surface area contributed by atoms with Crippen molar-refractivity contribution >= 4 is 26.9 Å².